The Hall–Kier alpha value is -1.29. The average molecular weight is 237 g/mol. The summed E-state index contributed by atoms with van der Waals surface area (Å²) in [5, 5.41) is 16.2. The molecule has 17 heavy (non-hydrogen) atoms. The molecule has 96 valence electrons. The van der Waals surface area contributed by atoms with E-state index < -0.39 is 0 Å². The Balaban J connectivity index is 2.49. The molecule has 3 N–H and O–H groups in total. The first-order valence-corrected chi connectivity index (χ1v) is 6.26. The summed E-state index contributed by atoms with van der Waals surface area (Å²) in [5.74, 6) is 0.364. The molecule has 0 amide bonds. The maximum Gasteiger partial charge on any atom is 0.0740 e. The molecule has 0 aliphatic rings. The second-order valence-electron chi connectivity index (χ2n) is 4.24. The Morgan fingerprint density at radius 1 is 1.24 bits per heavy atom. The predicted octanol–water partition coefficient (Wildman–Crippen LogP) is 2.33. The standard InChI is InChI=1S/C13H23N3O/c1-4-10(5-2)13(17)9-16-12-6-11(14-3)7-15-8-12/h6-8,10,13-14,16-17H,4-5,9H2,1-3H3. The normalized spacial score (nSPS) is 12.5. The van der Waals surface area contributed by atoms with Gasteiger partial charge in [0.25, 0.3) is 0 Å². The lowest BCUT2D eigenvalue weighted by Gasteiger charge is -2.20. The second-order valence-corrected chi connectivity index (χ2v) is 4.24. The van der Waals surface area contributed by atoms with Crippen LogP contribution >= 0.6 is 0 Å². The maximum absolute atomic E-state index is 10.00. The predicted molar refractivity (Wildman–Crippen MR) is 72.4 cm³/mol. The van der Waals surface area contributed by atoms with Crippen molar-refractivity contribution in [3.8, 4) is 0 Å². The molecule has 0 saturated carbocycles. The van der Waals surface area contributed by atoms with Gasteiger partial charge >= 0.3 is 0 Å². The van der Waals surface area contributed by atoms with Crippen LogP contribution in [0.5, 0.6) is 0 Å². The molecule has 0 bridgehead atoms. The smallest absolute Gasteiger partial charge is 0.0740 e. The first kappa shape index (κ1) is 13.8. The van der Waals surface area contributed by atoms with Gasteiger partial charge in [-0.1, -0.05) is 26.7 Å². The molecule has 0 aliphatic heterocycles. The summed E-state index contributed by atoms with van der Waals surface area (Å²) in [5.41, 5.74) is 1.90. The van der Waals surface area contributed by atoms with Crippen LogP contribution in [0.25, 0.3) is 0 Å². The minimum atomic E-state index is -0.303. The minimum absolute atomic E-state index is 0.303. The number of hydrogen-bond donors (Lipinski definition) is 3. The number of aliphatic hydroxyl groups excluding tert-OH is 1. The fourth-order valence-electron chi connectivity index (χ4n) is 1.90. The van der Waals surface area contributed by atoms with Crippen LogP contribution in [-0.4, -0.2) is 29.8 Å². The van der Waals surface area contributed by atoms with Gasteiger partial charge in [0, 0.05) is 13.6 Å². The molecular weight excluding hydrogens is 214 g/mol. The van der Waals surface area contributed by atoms with E-state index in [0.717, 1.165) is 24.2 Å². The fraction of sp³-hybridized carbons (Fsp3) is 0.615. The molecule has 0 saturated heterocycles. The van der Waals surface area contributed by atoms with Gasteiger partial charge in [-0.2, -0.15) is 0 Å². The topological polar surface area (TPSA) is 57.2 Å². The van der Waals surface area contributed by atoms with Crippen molar-refractivity contribution >= 4 is 11.4 Å². The second kappa shape index (κ2) is 7.12. The van der Waals surface area contributed by atoms with Gasteiger partial charge in [0.2, 0.25) is 0 Å². The molecule has 4 nitrogen and oxygen atoms in total. The highest BCUT2D eigenvalue weighted by molar-refractivity contribution is 5.53. The van der Waals surface area contributed by atoms with Crippen LogP contribution in [0.3, 0.4) is 0 Å². The number of pyridine rings is 1. The Kier molecular flexibility index (Phi) is 5.77. The summed E-state index contributed by atoms with van der Waals surface area (Å²) in [6.07, 6.45) is 5.24. The SMILES string of the molecule is CCC(CC)C(O)CNc1cncc(NC)c1. The van der Waals surface area contributed by atoms with Crippen molar-refractivity contribution in [1.29, 1.82) is 0 Å². The number of hydrogen-bond acceptors (Lipinski definition) is 4. The minimum Gasteiger partial charge on any atom is -0.391 e. The Labute approximate surface area is 103 Å². The van der Waals surface area contributed by atoms with E-state index in [1.807, 2.05) is 13.1 Å². The van der Waals surface area contributed by atoms with Gasteiger partial charge < -0.3 is 15.7 Å². The molecule has 0 fully saturated rings. The first-order valence-electron chi connectivity index (χ1n) is 6.26. The summed E-state index contributed by atoms with van der Waals surface area (Å²) in [7, 11) is 1.86. The van der Waals surface area contributed by atoms with Crippen molar-refractivity contribution in [2.45, 2.75) is 32.8 Å². The number of nitrogens with zero attached hydrogens (tertiary/aromatic N) is 1. The van der Waals surface area contributed by atoms with Crippen molar-refractivity contribution in [3.05, 3.63) is 18.5 Å². The van der Waals surface area contributed by atoms with Crippen molar-refractivity contribution in [2.24, 2.45) is 5.92 Å². The molecule has 4 heteroatoms. The molecule has 1 heterocycles. The van der Waals surface area contributed by atoms with E-state index in [2.05, 4.69) is 29.5 Å². The van der Waals surface area contributed by atoms with Crippen molar-refractivity contribution in [2.75, 3.05) is 24.2 Å². The maximum atomic E-state index is 10.00. The Bertz CT molecular complexity index is 326. The number of aliphatic hydroxyl groups is 1. The molecule has 1 aromatic heterocycles. The molecule has 1 unspecified atom stereocenters. The highest BCUT2D eigenvalue weighted by Crippen LogP contribution is 2.16. The summed E-state index contributed by atoms with van der Waals surface area (Å²) in [6, 6.07) is 1.98. The Morgan fingerprint density at radius 3 is 2.47 bits per heavy atom. The summed E-state index contributed by atoms with van der Waals surface area (Å²) >= 11 is 0. The molecule has 0 aliphatic carbocycles. The highest BCUT2D eigenvalue weighted by atomic mass is 16.3. The largest absolute Gasteiger partial charge is 0.391 e. The van der Waals surface area contributed by atoms with Gasteiger partial charge in [-0.25, -0.2) is 0 Å². The van der Waals surface area contributed by atoms with Crippen LogP contribution in [0.15, 0.2) is 18.5 Å². The van der Waals surface area contributed by atoms with Crippen LogP contribution in [0.2, 0.25) is 0 Å². The van der Waals surface area contributed by atoms with E-state index in [-0.39, 0.29) is 6.10 Å². The van der Waals surface area contributed by atoms with E-state index in [1.165, 1.54) is 0 Å². The summed E-state index contributed by atoms with van der Waals surface area (Å²) in [6.45, 7) is 4.79. The zero-order valence-electron chi connectivity index (χ0n) is 10.9. The van der Waals surface area contributed by atoms with Crippen molar-refractivity contribution in [3.63, 3.8) is 0 Å². The highest BCUT2D eigenvalue weighted by Gasteiger charge is 2.14. The number of rotatable bonds is 7. The monoisotopic (exact) mass is 237 g/mol. The van der Waals surface area contributed by atoms with E-state index in [0.29, 0.717) is 12.5 Å². The van der Waals surface area contributed by atoms with Crippen LogP contribution in [0.1, 0.15) is 26.7 Å². The van der Waals surface area contributed by atoms with Crippen LogP contribution in [0, 0.1) is 5.92 Å². The summed E-state index contributed by atoms with van der Waals surface area (Å²) < 4.78 is 0. The lowest BCUT2D eigenvalue weighted by Crippen LogP contribution is -2.27. The lowest BCUT2D eigenvalue weighted by molar-refractivity contribution is 0.114. The third-order valence-electron chi connectivity index (χ3n) is 3.14. The zero-order valence-corrected chi connectivity index (χ0v) is 10.9. The molecule has 0 radical (unpaired) electrons. The van der Waals surface area contributed by atoms with Crippen LogP contribution < -0.4 is 10.6 Å². The fourth-order valence-corrected chi connectivity index (χ4v) is 1.90. The van der Waals surface area contributed by atoms with E-state index in [9.17, 15) is 5.11 Å². The lowest BCUT2D eigenvalue weighted by atomic mass is 9.96. The Morgan fingerprint density at radius 2 is 1.88 bits per heavy atom. The number of nitrogens with one attached hydrogen (secondary N) is 2. The van der Waals surface area contributed by atoms with Crippen LogP contribution in [-0.2, 0) is 0 Å². The molecule has 0 spiro atoms. The van der Waals surface area contributed by atoms with E-state index in [1.54, 1.807) is 12.4 Å². The van der Waals surface area contributed by atoms with Crippen LogP contribution in [0.4, 0.5) is 11.4 Å². The third-order valence-corrected chi connectivity index (χ3v) is 3.14. The molecule has 1 aromatic rings. The molecular formula is C13H23N3O. The third kappa shape index (κ3) is 4.23. The van der Waals surface area contributed by atoms with Gasteiger partial charge in [-0.3, -0.25) is 4.98 Å². The van der Waals surface area contributed by atoms with E-state index in [4.69, 9.17) is 0 Å². The van der Waals surface area contributed by atoms with Gasteiger partial charge in [0.1, 0.15) is 0 Å². The molecule has 1 atom stereocenters. The first-order chi connectivity index (χ1) is 8.21. The number of aromatic nitrogens is 1. The number of anilines is 2. The van der Waals surface area contributed by atoms with Crippen molar-refractivity contribution in [1.82, 2.24) is 4.98 Å². The van der Waals surface area contributed by atoms with Gasteiger partial charge in [-0.05, 0) is 12.0 Å². The van der Waals surface area contributed by atoms with E-state index >= 15 is 0 Å². The zero-order chi connectivity index (χ0) is 12.7. The quantitative estimate of drug-likeness (QED) is 0.681. The van der Waals surface area contributed by atoms with Gasteiger partial charge in [0.05, 0.1) is 29.9 Å². The average Bonchev–Trinajstić information content (AvgIpc) is 2.38. The van der Waals surface area contributed by atoms with Gasteiger partial charge in [0.15, 0.2) is 0 Å². The van der Waals surface area contributed by atoms with Crippen molar-refractivity contribution < 1.29 is 5.11 Å². The van der Waals surface area contributed by atoms with Gasteiger partial charge in [-0.15, -0.1) is 0 Å². The molecule has 0 aromatic carbocycles. The summed E-state index contributed by atoms with van der Waals surface area (Å²) in [4.78, 5) is 4.11. The molecule has 1 rings (SSSR count).